The summed E-state index contributed by atoms with van der Waals surface area (Å²) in [5.41, 5.74) is 4.79. The lowest BCUT2D eigenvalue weighted by Gasteiger charge is -2.01. The Morgan fingerprint density at radius 2 is 1.70 bits per heavy atom. The zero-order valence-corrected chi connectivity index (χ0v) is 16.6. The van der Waals surface area contributed by atoms with Crippen molar-refractivity contribution in [2.45, 2.75) is 5.88 Å². The van der Waals surface area contributed by atoms with Crippen LogP contribution >= 0.6 is 11.6 Å². The molecule has 0 fully saturated rings. The summed E-state index contributed by atoms with van der Waals surface area (Å²) in [6.07, 6.45) is 6.40. The van der Waals surface area contributed by atoms with Gasteiger partial charge in [-0.15, -0.1) is 11.6 Å². The summed E-state index contributed by atoms with van der Waals surface area (Å²) in [6, 6.07) is 18.9. The van der Waals surface area contributed by atoms with Gasteiger partial charge in [-0.05, 0) is 22.8 Å². The van der Waals surface area contributed by atoms with Crippen molar-refractivity contribution in [2.24, 2.45) is 7.05 Å². The van der Waals surface area contributed by atoms with Crippen LogP contribution in [0, 0.1) is 0 Å². The molecule has 0 unspecified atom stereocenters. The molecule has 1 aromatic heterocycles. The van der Waals surface area contributed by atoms with Crippen molar-refractivity contribution in [1.29, 1.82) is 0 Å². The van der Waals surface area contributed by atoms with Crippen molar-refractivity contribution < 1.29 is 21.7 Å². The van der Waals surface area contributed by atoms with Gasteiger partial charge in [-0.1, -0.05) is 48.6 Å². The van der Waals surface area contributed by atoms with E-state index in [0.29, 0.717) is 5.88 Å². The van der Waals surface area contributed by atoms with Gasteiger partial charge in [-0.2, -0.15) is 0 Å². The number of aromatic nitrogens is 1. The minimum atomic E-state index is -4.41. The van der Waals surface area contributed by atoms with Crippen molar-refractivity contribution in [3.8, 4) is 0 Å². The number of aryl methyl sites for hydroxylation is 1. The fourth-order valence-electron chi connectivity index (χ4n) is 2.44. The van der Waals surface area contributed by atoms with E-state index in [2.05, 4.69) is 88.7 Å². The predicted octanol–water partition coefficient (Wildman–Crippen LogP) is 3.67. The standard InChI is InChI=1S/C19H17ClN.CH4O4S/c1-21-13-12-17(18-4-2-3-5-19(18)21)11-10-15-6-8-16(14-20)9-7-15;1-5-6(2,3)4/h2-13H,14H2,1H3;1H3,(H,2,3,4)/q+1;/p-1. The molecule has 142 valence electrons. The van der Waals surface area contributed by atoms with Crippen LogP contribution in [0.4, 0.5) is 0 Å². The summed E-state index contributed by atoms with van der Waals surface area (Å²) >= 11 is 5.81. The molecule has 0 aliphatic rings. The Bertz CT molecular complexity index is 1030. The number of fused-ring (bicyclic) bond motifs is 1. The first-order valence-corrected chi connectivity index (χ1v) is 9.92. The summed E-state index contributed by atoms with van der Waals surface area (Å²) in [7, 11) is -1.53. The van der Waals surface area contributed by atoms with Crippen molar-refractivity contribution >= 4 is 45.1 Å². The monoisotopic (exact) mass is 405 g/mol. The number of hydrogen-bond acceptors (Lipinski definition) is 4. The van der Waals surface area contributed by atoms with Crippen LogP contribution in [-0.4, -0.2) is 20.1 Å². The van der Waals surface area contributed by atoms with Gasteiger partial charge in [-0.3, -0.25) is 4.18 Å². The smallest absolute Gasteiger partial charge is 0.217 e. The highest BCUT2D eigenvalue weighted by molar-refractivity contribution is 7.80. The van der Waals surface area contributed by atoms with E-state index in [-0.39, 0.29) is 0 Å². The minimum Gasteiger partial charge on any atom is -0.726 e. The van der Waals surface area contributed by atoms with Crippen LogP contribution in [0.15, 0.2) is 60.8 Å². The third kappa shape index (κ3) is 6.45. The van der Waals surface area contributed by atoms with Gasteiger partial charge in [0.1, 0.15) is 7.05 Å². The van der Waals surface area contributed by atoms with Crippen molar-refractivity contribution in [3.05, 3.63) is 77.5 Å². The molecule has 0 radical (unpaired) electrons. The first-order chi connectivity index (χ1) is 12.8. The molecule has 0 amide bonds. The van der Waals surface area contributed by atoms with E-state index in [1.165, 1.54) is 22.0 Å². The van der Waals surface area contributed by atoms with Gasteiger partial charge < -0.3 is 4.55 Å². The Hall–Kier alpha value is -2.25. The predicted molar refractivity (Wildman–Crippen MR) is 107 cm³/mol. The summed E-state index contributed by atoms with van der Waals surface area (Å²) < 4.78 is 33.2. The Balaban J connectivity index is 0.000000380. The number of halogens is 1. The number of para-hydroxylation sites is 1. The molecule has 0 saturated carbocycles. The van der Waals surface area contributed by atoms with Crippen molar-refractivity contribution in [1.82, 2.24) is 0 Å². The quantitative estimate of drug-likeness (QED) is 0.287. The average molecular weight is 406 g/mol. The van der Waals surface area contributed by atoms with Gasteiger partial charge in [0.05, 0.1) is 12.5 Å². The molecule has 5 nitrogen and oxygen atoms in total. The van der Waals surface area contributed by atoms with E-state index < -0.39 is 10.4 Å². The van der Waals surface area contributed by atoms with Gasteiger partial charge in [0.2, 0.25) is 15.9 Å². The molecule has 0 bridgehead atoms. The van der Waals surface area contributed by atoms with Crippen LogP contribution in [0.5, 0.6) is 0 Å². The minimum absolute atomic E-state index is 0.559. The lowest BCUT2D eigenvalue weighted by molar-refractivity contribution is -0.644. The van der Waals surface area contributed by atoms with Crippen LogP contribution in [-0.2, 0) is 27.5 Å². The Morgan fingerprint density at radius 1 is 1.07 bits per heavy atom. The van der Waals surface area contributed by atoms with Gasteiger partial charge in [0.15, 0.2) is 6.20 Å². The number of rotatable bonds is 4. The Kier molecular flexibility index (Phi) is 7.50. The Morgan fingerprint density at radius 3 is 2.30 bits per heavy atom. The second-order valence-electron chi connectivity index (χ2n) is 5.68. The number of benzene rings is 2. The highest BCUT2D eigenvalue weighted by Crippen LogP contribution is 2.18. The number of alkyl halides is 1. The number of pyridine rings is 1. The van der Waals surface area contributed by atoms with E-state index in [0.717, 1.165) is 12.7 Å². The first kappa shape index (κ1) is 21.1. The molecule has 3 aromatic rings. The summed E-state index contributed by atoms with van der Waals surface area (Å²) in [5.74, 6) is 0.559. The topological polar surface area (TPSA) is 70.3 Å². The molecule has 2 aromatic carbocycles. The van der Waals surface area contributed by atoms with Gasteiger partial charge in [0, 0.05) is 18.0 Å². The molecule has 3 rings (SSSR count). The maximum Gasteiger partial charge on any atom is 0.217 e. The summed E-state index contributed by atoms with van der Waals surface area (Å²) in [4.78, 5) is 0. The van der Waals surface area contributed by atoms with Crippen LogP contribution in [0.3, 0.4) is 0 Å². The molecule has 0 N–H and O–H groups in total. The average Bonchev–Trinajstić information content (AvgIpc) is 2.68. The molecule has 0 spiro atoms. The normalized spacial score (nSPS) is 11.4. The second kappa shape index (κ2) is 9.62. The Labute approximate surface area is 164 Å². The number of nitrogens with zero attached hydrogens (tertiary/aromatic N) is 1. The highest BCUT2D eigenvalue weighted by Gasteiger charge is 2.06. The molecule has 27 heavy (non-hydrogen) atoms. The first-order valence-electron chi connectivity index (χ1n) is 8.06. The van der Waals surface area contributed by atoms with Crippen molar-refractivity contribution in [3.63, 3.8) is 0 Å². The van der Waals surface area contributed by atoms with Gasteiger partial charge in [0.25, 0.3) is 0 Å². The SMILES string of the molecule is COS(=O)(=O)[O-].C[n+]1ccc(C=Cc2ccc(CCl)cc2)c2ccccc21. The lowest BCUT2D eigenvalue weighted by Crippen LogP contribution is -2.28. The maximum absolute atomic E-state index is 9.22. The van der Waals surface area contributed by atoms with E-state index in [4.69, 9.17) is 11.6 Å². The van der Waals surface area contributed by atoms with E-state index in [9.17, 15) is 13.0 Å². The third-order valence-electron chi connectivity index (χ3n) is 3.87. The van der Waals surface area contributed by atoms with Gasteiger partial charge >= 0.3 is 0 Å². The van der Waals surface area contributed by atoms with Crippen LogP contribution in [0.2, 0.25) is 0 Å². The highest BCUT2D eigenvalue weighted by atomic mass is 35.5. The molecular formula is C20H20ClNO4S. The molecule has 0 aliphatic heterocycles. The zero-order valence-electron chi connectivity index (χ0n) is 15.0. The molecule has 1 heterocycles. The summed E-state index contributed by atoms with van der Waals surface area (Å²) in [6.45, 7) is 0. The zero-order chi connectivity index (χ0) is 19.9. The molecule has 7 heteroatoms. The summed E-state index contributed by atoms with van der Waals surface area (Å²) in [5, 5.41) is 1.26. The van der Waals surface area contributed by atoms with Gasteiger partial charge in [-0.25, -0.2) is 13.0 Å². The number of hydrogen-bond donors (Lipinski definition) is 0. The molecule has 0 aliphatic carbocycles. The van der Waals surface area contributed by atoms with Crippen LogP contribution < -0.4 is 4.57 Å². The second-order valence-corrected chi connectivity index (χ2v) is 7.10. The lowest BCUT2D eigenvalue weighted by atomic mass is 10.1. The van der Waals surface area contributed by atoms with E-state index in [1.54, 1.807) is 0 Å². The van der Waals surface area contributed by atoms with E-state index >= 15 is 0 Å². The van der Waals surface area contributed by atoms with Crippen molar-refractivity contribution in [2.75, 3.05) is 7.11 Å². The largest absolute Gasteiger partial charge is 0.726 e. The van der Waals surface area contributed by atoms with E-state index in [1.807, 2.05) is 0 Å². The maximum atomic E-state index is 9.22. The molecule has 0 saturated heterocycles. The third-order valence-corrected chi connectivity index (χ3v) is 4.58. The fourth-order valence-corrected chi connectivity index (χ4v) is 2.61. The molecular weight excluding hydrogens is 386 g/mol. The molecule has 0 atom stereocenters. The fraction of sp³-hybridized carbons (Fsp3) is 0.150. The van der Waals surface area contributed by atoms with Crippen LogP contribution in [0.25, 0.3) is 23.1 Å². The van der Waals surface area contributed by atoms with Crippen LogP contribution in [0.1, 0.15) is 16.7 Å².